The van der Waals surface area contributed by atoms with Gasteiger partial charge in [-0.15, -0.1) is 0 Å². The van der Waals surface area contributed by atoms with Crippen LogP contribution in [0.3, 0.4) is 0 Å². The molecule has 2 aromatic rings. The number of hydrogen-bond acceptors (Lipinski definition) is 7. The van der Waals surface area contributed by atoms with Gasteiger partial charge in [0, 0.05) is 42.5 Å². The van der Waals surface area contributed by atoms with Crippen LogP contribution in [0.15, 0.2) is 22.6 Å². The Morgan fingerprint density at radius 1 is 1.25 bits per heavy atom. The summed E-state index contributed by atoms with van der Waals surface area (Å²) in [6.45, 7) is 4.64. The zero-order valence-electron chi connectivity index (χ0n) is 16.3. The van der Waals surface area contributed by atoms with Crippen molar-refractivity contribution in [3.8, 4) is 23.0 Å². The Morgan fingerprint density at radius 2 is 1.96 bits per heavy atom. The van der Waals surface area contributed by atoms with Crippen molar-refractivity contribution < 1.29 is 22.9 Å². The van der Waals surface area contributed by atoms with Gasteiger partial charge in [-0.25, -0.2) is 4.98 Å². The summed E-state index contributed by atoms with van der Waals surface area (Å²) in [5, 5.41) is 3.19. The maximum atomic E-state index is 12.5. The molecule has 1 unspecified atom stereocenters. The minimum Gasteiger partial charge on any atom is -0.493 e. The van der Waals surface area contributed by atoms with E-state index in [1.54, 1.807) is 38.2 Å². The highest BCUT2D eigenvalue weighted by Gasteiger charge is 2.21. The minimum absolute atomic E-state index is 0.00199. The lowest BCUT2D eigenvalue weighted by molar-refractivity contribution is -0.128. The molecule has 0 bridgehead atoms. The van der Waals surface area contributed by atoms with Gasteiger partial charge in [0.15, 0.2) is 11.5 Å². The maximum absolute atomic E-state index is 12.5. The molecule has 1 N–H and O–H groups in total. The molecule has 0 spiro atoms. The summed E-state index contributed by atoms with van der Waals surface area (Å²) >= 11 is 0. The Bertz CT molecular complexity index is 861. The zero-order valence-corrected chi connectivity index (χ0v) is 17.1. The summed E-state index contributed by atoms with van der Waals surface area (Å²) in [6.07, 6.45) is 0. The number of oxazole rings is 1. The van der Waals surface area contributed by atoms with E-state index in [2.05, 4.69) is 10.3 Å². The van der Waals surface area contributed by atoms with Crippen molar-refractivity contribution >= 4 is 16.7 Å². The molecule has 0 saturated carbocycles. The topological polar surface area (TPSA) is 93.9 Å². The quantitative estimate of drug-likeness (QED) is 0.740. The smallest absolute Gasteiger partial charge is 0.235 e. The number of amides is 1. The van der Waals surface area contributed by atoms with Gasteiger partial charge in [0.1, 0.15) is 11.5 Å². The normalized spacial score (nSPS) is 15.3. The highest BCUT2D eigenvalue weighted by molar-refractivity contribution is 7.84. The summed E-state index contributed by atoms with van der Waals surface area (Å²) in [5.41, 5.74) is 1.32. The molecule has 1 aliphatic rings. The van der Waals surface area contributed by atoms with E-state index in [-0.39, 0.29) is 17.4 Å². The van der Waals surface area contributed by atoms with E-state index < -0.39 is 10.8 Å². The first-order chi connectivity index (χ1) is 13.5. The third-order valence-corrected chi connectivity index (χ3v) is 5.74. The van der Waals surface area contributed by atoms with Crippen molar-refractivity contribution in [3.63, 3.8) is 0 Å². The van der Waals surface area contributed by atoms with Gasteiger partial charge in [0.2, 0.25) is 11.8 Å². The Balaban J connectivity index is 1.68. The number of hydrogen-bond donors (Lipinski definition) is 1. The van der Waals surface area contributed by atoms with Crippen LogP contribution in [0.5, 0.6) is 11.5 Å². The Hall–Kier alpha value is -2.39. The summed E-state index contributed by atoms with van der Waals surface area (Å²) < 4.78 is 28.8. The molecule has 1 amide bonds. The molecule has 1 aromatic heterocycles. The number of carbonyl (C=O) groups excluding carboxylic acids is 1. The lowest BCUT2D eigenvalue weighted by Crippen LogP contribution is -2.47. The number of aromatic nitrogens is 1. The summed E-state index contributed by atoms with van der Waals surface area (Å²) in [6, 6.07) is 5.37. The summed E-state index contributed by atoms with van der Waals surface area (Å²) in [5.74, 6) is 2.29. The first-order valence-electron chi connectivity index (χ1n) is 9.04. The van der Waals surface area contributed by atoms with Crippen LogP contribution in [0.2, 0.25) is 0 Å². The number of benzene rings is 1. The molecular formula is C19H25N3O5S. The molecule has 0 aliphatic carbocycles. The molecule has 1 fully saturated rings. The highest BCUT2D eigenvalue weighted by atomic mass is 32.2. The second-order valence-corrected chi connectivity index (χ2v) is 7.91. The molecule has 1 atom stereocenters. The van der Waals surface area contributed by atoms with Crippen LogP contribution in [-0.2, 0) is 21.3 Å². The van der Waals surface area contributed by atoms with Gasteiger partial charge in [0.25, 0.3) is 0 Å². The Labute approximate surface area is 166 Å². The molecule has 1 saturated heterocycles. The first-order valence-corrected chi connectivity index (χ1v) is 10.5. The second-order valence-electron chi connectivity index (χ2n) is 6.45. The van der Waals surface area contributed by atoms with Gasteiger partial charge in [-0.1, -0.05) is 0 Å². The van der Waals surface area contributed by atoms with Gasteiger partial charge in [0.05, 0.1) is 25.7 Å². The van der Waals surface area contributed by atoms with E-state index in [0.717, 1.165) is 18.7 Å². The number of carbonyl (C=O) groups is 1. The zero-order chi connectivity index (χ0) is 20.1. The van der Waals surface area contributed by atoms with E-state index in [9.17, 15) is 9.00 Å². The minimum atomic E-state index is -1.35. The molecular weight excluding hydrogens is 382 g/mol. The van der Waals surface area contributed by atoms with Gasteiger partial charge in [-0.3, -0.25) is 9.00 Å². The lowest BCUT2D eigenvalue weighted by atomic mass is 10.2. The molecule has 2 heterocycles. The molecule has 0 radical (unpaired) electrons. The largest absolute Gasteiger partial charge is 0.493 e. The molecule has 8 nitrogen and oxygen atoms in total. The van der Waals surface area contributed by atoms with Gasteiger partial charge in [-0.2, -0.15) is 0 Å². The average molecular weight is 407 g/mol. The van der Waals surface area contributed by atoms with Crippen LogP contribution in [-0.4, -0.2) is 66.2 Å². The average Bonchev–Trinajstić information content (AvgIpc) is 3.08. The van der Waals surface area contributed by atoms with Crippen LogP contribution >= 0.6 is 0 Å². The lowest BCUT2D eigenvalue weighted by Gasteiger charge is -2.27. The Morgan fingerprint density at radius 3 is 2.64 bits per heavy atom. The number of ether oxygens (including phenoxy) is 2. The van der Waals surface area contributed by atoms with Crippen molar-refractivity contribution in [1.29, 1.82) is 0 Å². The second kappa shape index (κ2) is 9.20. The van der Waals surface area contributed by atoms with E-state index >= 15 is 0 Å². The standard InChI is InChI=1S/C19H25N3O5S/c1-13-15(11-28(24)12-18(23)22-8-6-20-7-9-22)21-19(27-13)14-4-5-16(25-2)17(10-14)26-3/h4-5,10,20H,6-9,11-12H2,1-3H3. The number of nitrogens with one attached hydrogen (secondary N) is 1. The van der Waals surface area contributed by atoms with E-state index in [0.29, 0.717) is 41.9 Å². The van der Waals surface area contributed by atoms with E-state index in [1.807, 2.05) is 6.07 Å². The Kier molecular flexibility index (Phi) is 6.69. The van der Waals surface area contributed by atoms with Crippen molar-refractivity contribution in [1.82, 2.24) is 15.2 Å². The SMILES string of the molecule is COc1ccc(-c2nc(CS(=O)CC(=O)N3CCNCC3)c(C)o2)cc1OC. The number of methoxy groups -OCH3 is 2. The third-order valence-electron chi connectivity index (χ3n) is 4.58. The van der Waals surface area contributed by atoms with Gasteiger partial charge in [-0.05, 0) is 25.1 Å². The van der Waals surface area contributed by atoms with Crippen LogP contribution in [0.4, 0.5) is 0 Å². The van der Waals surface area contributed by atoms with Crippen LogP contribution in [0.25, 0.3) is 11.5 Å². The van der Waals surface area contributed by atoms with E-state index in [4.69, 9.17) is 13.9 Å². The molecule has 1 aromatic carbocycles. The fourth-order valence-electron chi connectivity index (χ4n) is 3.00. The fourth-order valence-corrected chi connectivity index (χ4v) is 4.13. The van der Waals surface area contributed by atoms with Gasteiger partial charge >= 0.3 is 0 Å². The fraction of sp³-hybridized carbons (Fsp3) is 0.474. The number of piperazine rings is 1. The van der Waals surface area contributed by atoms with Crippen molar-refractivity contribution in [2.45, 2.75) is 12.7 Å². The van der Waals surface area contributed by atoms with Crippen molar-refractivity contribution in [2.24, 2.45) is 0 Å². The summed E-state index contributed by atoms with van der Waals surface area (Å²) in [4.78, 5) is 18.5. The predicted octanol–water partition coefficient (Wildman–Crippen LogP) is 1.35. The molecule has 9 heteroatoms. The number of rotatable bonds is 7. The summed E-state index contributed by atoms with van der Waals surface area (Å²) in [7, 11) is 1.79. The maximum Gasteiger partial charge on any atom is 0.235 e. The van der Waals surface area contributed by atoms with Crippen LogP contribution in [0, 0.1) is 6.92 Å². The molecule has 1 aliphatic heterocycles. The van der Waals surface area contributed by atoms with Crippen LogP contribution < -0.4 is 14.8 Å². The third kappa shape index (κ3) is 4.71. The molecule has 152 valence electrons. The number of aryl methyl sites for hydroxylation is 1. The monoisotopic (exact) mass is 407 g/mol. The van der Waals surface area contributed by atoms with E-state index in [1.165, 1.54) is 0 Å². The molecule has 3 rings (SSSR count). The molecule has 28 heavy (non-hydrogen) atoms. The van der Waals surface area contributed by atoms with Gasteiger partial charge < -0.3 is 24.1 Å². The van der Waals surface area contributed by atoms with Crippen molar-refractivity contribution in [3.05, 3.63) is 29.7 Å². The highest BCUT2D eigenvalue weighted by Crippen LogP contribution is 2.32. The first kappa shape index (κ1) is 20.3. The van der Waals surface area contributed by atoms with Crippen molar-refractivity contribution in [2.75, 3.05) is 46.2 Å². The predicted molar refractivity (Wildman–Crippen MR) is 106 cm³/mol. The number of nitrogens with zero attached hydrogens (tertiary/aromatic N) is 2. The van der Waals surface area contributed by atoms with Crippen LogP contribution in [0.1, 0.15) is 11.5 Å².